The van der Waals surface area contributed by atoms with Crippen LogP contribution in [0.1, 0.15) is 36.8 Å². The van der Waals surface area contributed by atoms with Crippen molar-refractivity contribution in [2.45, 2.75) is 31.7 Å². The lowest BCUT2D eigenvalue weighted by Crippen LogP contribution is -2.50. The molecule has 33 heavy (non-hydrogen) atoms. The Bertz CT molecular complexity index is 1050. The molecule has 0 bridgehead atoms. The smallest absolute Gasteiger partial charge is 0.407 e. The van der Waals surface area contributed by atoms with Crippen LogP contribution in [0.4, 0.5) is 4.79 Å². The number of carbonyl (C=O) groups excluding carboxylic acids is 2. The Morgan fingerprint density at radius 2 is 1.70 bits per heavy atom. The van der Waals surface area contributed by atoms with Gasteiger partial charge in [-0.25, -0.2) is 4.79 Å². The molecular weight excluding hydrogens is 420 g/mol. The first-order valence-electron chi connectivity index (χ1n) is 11.6. The number of amides is 2. The zero-order valence-electron chi connectivity index (χ0n) is 18.6. The molecule has 0 spiro atoms. The molecule has 7 heteroatoms. The fraction of sp³-hybridized carbons (Fsp3) is 0.423. The van der Waals surface area contributed by atoms with Gasteiger partial charge in [0.1, 0.15) is 12.6 Å². The summed E-state index contributed by atoms with van der Waals surface area (Å²) >= 11 is 0. The van der Waals surface area contributed by atoms with E-state index in [1.807, 2.05) is 31.2 Å². The van der Waals surface area contributed by atoms with Gasteiger partial charge in [-0.1, -0.05) is 55.5 Å². The number of piperidine rings is 1. The van der Waals surface area contributed by atoms with Gasteiger partial charge in [0.25, 0.3) is 0 Å². The zero-order valence-corrected chi connectivity index (χ0v) is 18.6. The van der Waals surface area contributed by atoms with E-state index in [4.69, 9.17) is 4.74 Å². The van der Waals surface area contributed by atoms with Crippen LogP contribution in [0.2, 0.25) is 0 Å². The molecule has 2 N–H and O–H groups in total. The molecule has 1 aliphatic heterocycles. The first kappa shape index (κ1) is 21.5. The van der Waals surface area contributed by atoms with Crippen molar-refractivity contribution in [3.05, 3.63) is 59.7 Å². The second kappa shape index (κ2) is 8.54. The molecule has 2 fully saturated rings. The number of likely N-dealkylation sites (tertiary alicyclic amines) is 1. The molecule has 2 amide bonds. The number of hydrogen-bond donors (Lipinski definition) is 2. The third-order valence-electron chi connectivity index (χ3n) is 7.43. The predicted molar refractivity (Wildman–Crippen MR) is 122 cm³/mol. The van der Waals surface area contributed by atoms with E-state index in [1.54, 1.807) is 4.90 Å². The number of fused-ring (bicyclic) bond motifs is 4. The van der Waals surface area contributed by atoms with Crippen LogP contribution in [0.15, 0.2) is 48.5 Å². The first-order chi connectivity index (χ1) is 16.0. The molecule has 172 valence electrons. The lowest BCUT2D eigenvalue weighted by molar-refractivity contribution is -0.139. The third-order valence-corrected chi connectivity index (χ3v) is 7.43. The predicted octanol–water partition coefficient (Wildman–Crippen LogP) is 3.48. The highest BCUT2D eigenvalue weighted by Gasteiger charge is 2.57. The maximum atomic E-state index is 13.0. The highest BCUT2D eigenvalue weighted by Crippen LogP contribution is 2.51. The largest absolute Gasteiger partial charge is 0.481 e. The zero-order chi connectivity index (χ0) is 23.1. The van der Waals surface area contributed by atoms with Crippen LogP contribution in [0.3, 0.4) is 0 Å². The Morgan fingerprint density at radius 3 is 2.30 bits per heavy atom. The molecule has 1 saturated heterocycles. The Balaban J connectivity index is 1.19. The van der Waals surface area contributed by atoms with E-state index in [0.717, 1.165) is 22.3 Å². The molecule has 2 aromatic rings. The number of carboxylic acid groups (broad SMARTS) is 1. The summed E-state index contributed by atoms with van der Waals surface area (Å²) in [6.07, 6.45) is 0.534. The number of benzene rings is 2. The van der Waals surface area contributed by atoms with Crippen molar-refractivity contribution in [3.63, 3.8) is 0 Å². The maximum absolute atomic E-state index is 13.0. The summed E-state index contributed by atoms with van der Waals surface area (Å²) < 4.78 is 5.59. The number of carboxylic acids is 1. The van der Waals surface area contributed by atoms with Gasteiger partial charge in [0.15, 0.2) is 0 Å². The number of rotatable bonds is 6. The summed E-state index contributed by atoms with van der Waals surface area (Å²) in [4.78, 5) is 38.6. The summed E-state index contributed by atoms with van der Waals surface area (Å²) in [5.41, 5.74) is 4.59. The minimum Gasteiger partial charge on any atom is -0.481 e. The van der Waals surface area contributed by atoms with E-state index in [0.29, 0.717) is 25.9 Å². The monoisotopic (exact) mass is 448 g/mol. The van der Waals surface area contributed by atoms with Gasteiger partial charge >= 0.3 is 12.1 Å². The second-order valence-electron chi connectivity index (χ2n) is 9.20. The van der Waals surface area contributed by atoms with E-state index in [9.17, 15) is 19.5 Å². The van der Waals surface area contributed by atoms with Crippen LogP contribution in [0.25, 0.3) is 11.1 Å². The van der Waals surface area contributed by atoms with E-state index >= 15 is 0 Å². The normalized spacial score (nSPS) is 23.7. The summed E-state index contributed by atoms with van der Waals surface area (Å²) in [6.45, 7) is 3.02. The Hall–Kier alpha value is -3.35. The average Bonchev–Trinajstić information content (AvgIpc) is 3.48. The van der Waals surface area contributed by atoms with Crippen LogP contribution in [-0.4, -0.2) is 53.7 Å². The summed E-state index contributed by atoms with van der Waals surface area (Å²) in [5, 5.41) is 12.0. The fourth-order valence-electron chi connectivity index (χ4n) is 5.65. The molecule has 1 saturated carbocycles. The topological polar surface area (TPSA) is 95.9 Å². The van der Waals surface area contributed by atoms with Crippen molar-refractivity contribution in [2.75, 3.05) is 19.7 Å². The standard InChI is InChI=1S/C26H28N2O5/c1-2-22(24(29)28-12-11-19-20(13-28)23(19)25(30)31)27-26(32)33-14-21-17-9-5-3-7-15(17)16-8-4-6-10-18(16)21/h3-10,19-23H,2,11-14H2,1H3,(H,27,32)(H,30,31)/t19?,20?,22-,23?/m0/s1. The van der Waals surface area contributed by atoms with E-state index < -0.39 is 18.1 Å². The number of nitrogens with zero attached hydrogens (tertiary/aromatic N) is 1. The molecule has 1 heterocycles. The van der Waals surface area contributed by atoms with Crippen molar-refractivity contribution in [1.82, 2.24) is 10.2 Å². The number of hydrogen-bond acceptors (Lipinski definition) is 4. The molecule has 2 aliphatic carbocycles. The Kier molecular flexibility index (Phi) is 5.56. The van der Waals surface area contributed by atoms with Crippen LogP contribution in [-0.2, 0) is 14.3 Å². The summed E-state index contributed by atoms with van der Waals surface area (Å²) in [5.74, 6) is -1.10. The van der Waals surface area contributed by atoms with E-state index in [-0.39, 0.29) is 36.2 Å². The van der Waals surface area contributed by atoms with Gasteiger partial charge in [-0.05, 0) is 46.9 Å². The molecule has 0 aromatic heterocycles. The second-order valence-corrected chi connectivity index (χ2v) is 9.20. The van der Waals surface area contributed by atoms with Crippen LogP contribution in [0.5, 0.6) is 0 Å². The number of aliphatic carboxylic acids is 1. The quantitative estimate of drug-likeness (QED) is 0.705. The van der Waals surface area contributed by atoms with Gasteiger partial charge in [0, 0.05) is 19.0 Å². The summed E-state index contributed by atoms with van der Waals surface area (Å²) in [7, 11) is 0. The fourth-order valence-corrected chi connectivity index (χ4v) is 5.65. The third kappa shape index (κ3) is 3.86. The number of ether oxygens (including phenoxy) is 1. The minimum absolute atomic E-state index is 0.0344. The van der Waals surface area contributed by atoms with E-state index in [1.165, 1.54) is 0 Å². The van der Waals surface area contributed by atoms with Crippen LogP contribution in [0, 0.1) is 17.8 Å². The molecule has 0 radical (unpaired) electrons. The van der Waals surface area contributed by atoms with Gasteiger partial charge in [-0.3, -0.25) is 9.59 Å². The highest BCUT2D eigenvalue weighted by molar-refractivity contribution is 5.86. The Morgan fingerprint density at radius 1 is 1.06 bits per heavy atom. The van der Waals surface area contributed by atoms with Crippen molar-refractivity contribution in [1.29, 1.82) is 0 Å². The van der Waals surface area contributed by atoms with Gasteiger partial charge in [-0.15, -0.1) is 0 Å². The van der Waals surface area contributed by atoms with Gasteiger partial charge < -0.3 is 20.1 Å². The van der Waals surface area contributed by atoms with E-state index in [2.05, 4.69) is 29.6 Å². The average molecular weight is 449 g/mol. The van der Waals surface area contributed by atoms with Crippen LogP contribution >= 0.6 is 0 Å². The molecule has 2 aromatic carbocycles. The lowest BCUT2D eigenvalue weighted by Gasteiger charge is -2.30. The molecule has 3 unspecified atom stereocenters. The maximum Gasteiger partial charge on any atom is 0.407 e. The van der Waals surface area contributed by atoms with Gasteiger partial charge in [-0.2, -0.15) is 0 Å². The number of nitrogens with one attached hydrogen (secondary N) is 1. The molecular formula is C26H28N2O5. The number of carbonyl (C=O) groups is 3. The number of alkyl carbamates (subject to hydrolysis) is 1. The first-order valence-corrected chi connectivity index (χ1v) is 11.6. The van der Waals surface area contributed by atoms with Gasteiger partial charge in [0.05, 0.1) is 5.92 Å². The molecule has 4 atom stereocenters. The summed E-state index contributed by atoms with van der Waals surface area (Å²) in [6, 6.07) is 15.6. The minimum atomic E-state index is -0.775. The van der Waals surface area contributed by atoms with Crippen molar-refractivity contribution < 1.29 is 24.2 Å². The molecule has 7 nitrogen and oxygen atoms in total. The molecule has 5 rings (SSSR count). The van der Waals surface area contributed by atoms with Crippen LogP contribution < -0.4 is 5.32 Å². The van der Waals surface area contributed by atoms with Crippen molar-refractivity contribution >= 4 is 18.0 Å². The Labute approximate surface area is 192 Å². The lowest BCUT2D eigenvalue weighted by atomic mass is 9.98. The van der Waals surface area contributed by atoms with Gasteiger partial charge in [0.2, 0.25) is 5.91 Å². The molecule has 3 aliphatic rings. The highest BCUT2D eigenvalue weighted by atomic mass is 16.5. The van der Waals surface area contributed by atoms with Crippen molar-refractivity contribution in [2.24, 2.45) is 17.8 Å². The van der Waals surface area contributed by atoms with Crippen molar-refractivity contribution in [3.8, 4) is 11.1 Å². The SMILES string of the molecule is CC[C@H](NC(=O)OCC1c2ccccc2-c2ccccc21)C(=O)N1CCC2C(C1)C2C(=O)O.